The molecule has 1 atom stereocenters. The summed E-state index contributed by atoms with van der Waals surface area (Å²) in [6.45, 7) is 4.26. The summed E-state index contributed by atoms with van der Waals surface area (Å²) < 4.78 is 0. The SMILES string of the molecule is Cc1c(P)cc[c-]1C.[Fe].[cH-]1[cH-][cH-][cH-][cH-]1.c1ccc(-c2ccccc2)cc1. The van der Waals surface area contributed by atoms with Crippen molar-refractivity contribution in [1.29, 1.82) is 0 Å². The summed E-state index contributed by atoms with van der Waals surface area (Å²) in [5.74, 6) is 0. The van der Waals surface area contributed by atoms with E-state index in [9.17, 15) is 0 Å². The molecule has 2 heteroatoms. The van der Waals surface area contributed by atoms with E-state index < -0.39 is 0 Å². The Morgan fingerprint density at radius 3 is 1.31 bits per heavy atom. The fourth-order valence-electron chi connectivity index (χ4n) is 2.27. The molecule has 0 spiro atoms. The van der Waals surface area contributed by atoms with Crippen LogP contribution in [0.5, 0.6) is 0 Å². The third-order valence-corrected chi connectivity index (χ3v) is 4.60. The van der Waals surface area contributed by atoms with Crippen LogP contribution in [0.1, 0.15) is 11.1 Å². The molecular formula is C24H25FeP-6. The van der Waals surface area contributed by atoms with Crippen LogP contribution in [0.3, 0.4) is 0 Å². The third-order valence-electron chi connectivity index (χ3n) is 3.97. The Morgan fingerprint density at radius 2 is 1.08 bits per heavy atom. The average Bonchev–Trinajstić information content (AvgIpc) is 3.35. The van der Waals surface area contributed by atoms with E-state index in [2.05, 4.69) is 83.8 Å². The van der Waals surface area contributed by atoms with E-state index >= 15 is 0 Å². The molecule has 0 fully saturated rings. The molecule has 0 saturated heterocycles. The first kappa shape index (κ1) is 22.1. The summed E-state index contributed by atoms with van der Waals surface area (Å²) in [7, 11) is 2.71. The Balaban J connectivity index is 0.000000209. The third kappa shape index (κ3) is 7.54. The Hall–Kier alpha value is -1.91. The van der Waals surface area contributed by atoms with Gasteiger partial charge in [-0.05, 0) is 11.1 Å². The van der Waals surface area contributed by atoms with Crippen molar-refractivity contribution >= 4 is 14.5 Å². The zero-order chi connectivity index (χ0) is 17.9. The smallest absolute Gasteiger partial charge is 0 e. The number of benzene rings is 2. The van der Waals surface area contributed by atoms with Crippen molar-refractivity contribution in [2.75, 3.05) is 0 Å². The molecule has 0 amide bonds. The molecule has 4 aromatic rings. The minimum absolute atomic E-state index is 0. The number of rotatable bonds is 1. The fourth-order valence-corrected chi connectivity index (χ4v) is 2.60. The molecule has 140 valence electrons. The second-order valence-corrected chi connectivity index (χ2v) is 6.41. The number of hydrogen-bond acceptors (Lipinski definition) is 0. The van der Waals surface area contributed by atoms with Gasteiger partial charge in [-0.15, -0.1) is 0 Å². The van der Waals surface area contributed by atoms with Gasteiger partial charge in [-0.1, -0.05) is 74.5 Å². The van der Waals surface area contributed by atoms with Crippen molar-refractivity contribution in [2.24, 2.45) is 0 Å². The average molecular weight is 400 g/mol. The van der Waals surface area contributed by atoms with Crippen LogP contribution >= 0.6 is 9.24 Å². The summed E-state index contributed by atoms with van der Waals surface area (Å²) in [4.78, 5) is 0. The number of hydrogen-bond donors (Lipinski definition) is 0. The molecule has 0 radical (unpaired) electrons. The van der Waals surface area contributed by atoms with Gasteiger partial charge in [0.2, 0.25) is 0 Å². The van der Waals surface area contributed by atoms with Gasteiger partial charge in [-0.3, -0.25) is 0 Å². The molecule has 0 aliphatic carbocycles. The summed E-state index contributed by atoms with van der Waals surface area (Å²) >= 11 is 0. The largest absolute Gasteiger partial charge is 0.748 e. The molecule has 0 N–H and O–H groups in total. The van der Waals surface area contributed by atoms with E-state index in [-0.39, 0.29) is 17.1 Å². The van der Waals surface area contributed by atoms with Crippen LogP contribution in [-0.4, -0.2) is 0 Å². The molecule has 0 saturated carbocycles. The van der Waals surface area contributed by atoms with Crippen molar-refractivity contribution in [3.05, 3.63) is 114 Å². The maximum absolute atomic E-state index is 2.71. The van der Waals surface area contributed by atoms with Crippen molar-refractivity contribution in [3.8, 4) is 11.1 Å². The van der Waals surface area contributed by atoms with Gasteiger partial charge in [-0.25, -0.2) is 6.07 Å². The number of aryl methyl sites for hydroxylation is 1. The molecular weight excluding hydrogens is 375 g/mol. The zero-order valence-electron chi connectivity index (χ0n) is 15.2. The van der Waals surface area contributed by atoms with Gasteiger partial charge in [0.25, 0.3) is 0 Å². The van der Waals surface area contributed by atoms with E-state index in [4.69, 9.17) is 0 Å². The monoisotopic (exact) mass is 400 g/mol. The first-order valence-corrected chi connectivity index (χ1v) is 9.01. The summed E-state index contributed by atoms with van der Waals surface area (Å²) in [6, 6.07) is 35.0. The van der Waals surface area contributed by atoms with Gasteiger partial charge in [0, 0.05) is 17.1 Å². The van der Waals surface area contributed by atoms with Gasteiger partial charge in [-0.2, -0.15) is 31.7 Å². The van der Waals surface area contributed by atoms with E-state index in [1.165, 1.54) is 27.6 Å². The summed E-state index contributed by atoms with van der Waals surface area (Å²) in [5, 5.41) is 1.32. The molecule has 0 aliphatic rings. The minimum Gasteiger partial charge on any atom is -0.748 e. The zero-order valence-corrected chi connectivity index (χ0v) is 17.5. The second kappa shape index (κ2) is 12.4. The molecule has 0 nitrogen and oxygen atoms in total. The Kier molecular flexibility index (Phi) is 10.6. The molecule has 0 bridgehead atoms. The van der Waals surface area contributed by atoms with Crippen LogP contribution < -0.4 is 5.30 Å². The van der Waals surface area contributed by atoms with Gasteiger partial charge in [0.15, 0.2) is 0 Å². The first-order valence-electron chi connectivity index (χ1n) is 8.44. The minimum atomic E-state index is 0. The Bertz CT molecular complexity index is 741. The van der Waals surface area contributed by atoms with Crippen LogP contribution in [0.4, 0.5) is 0 Å². The van der Waals surface area contributed by atoms with Crippen molar-refractivity contribution in [2.45, 2.75) is 13.8 Å². The van der Waals surface area contributed by atoms with Crippen molar-refractivity contribution in [1.82, 2.24) is 0 Å². The van der Waals surface area contributed by atoms with Crippen molar-refractivity contribution < 1.29 is 17.1 Å². The molecule has 0 heterocycles. The quantitative estimate of drug-likeness (QED) is 0.200. The molecule has 26 heavy (non-hydrogen) atoms. The fraction of sp³-hybridized carbons (Fsp3) is 0.0833. The van der Waals surface area contributed by atoms with E-state index in [1.54, 1.807) is 0 Å². The topological polar surface area (TPSA) is 0 Å². The van der Waals surface area contributed by atoms with Crippen LogP contribution in [0.2, 0.25) is 0 Å². The van der Waals surface area contributed by atoms with Crippen LogP contribution in [0, 0.1) is 13.8 Å². The standard InChI is InChI=1S/C12H10.C7H10P.C5H5.Fe/c1-3-7-11(8-4-1)12-9-5-2-6-10-12;1-5-3-4-7(8)6(5)2;1-2-4-5-3-1;/h1-10H;3-4H,8H2,1-2H3;1-5H;/q;-1;-5;. The Labute approximate surface area is 170 Å². The van der Waals surface area contributed by atoms with E-state index in [0.29, 0.717) is 0 Å². The van der Waals surface area contributed by atoms with Gasteiger partial charge in [0.05, 0.1) is 0 Å². The van der Waals surface area contributed by atoms with E-state index in [1.807, 2.05) is 42.5 Å². The molecule has 4 aromatic carbocycles. The molecule has 1 unspecified atom stereocenters. The predicted molar refractivity (Wildman–Crippen MR) is 115 cm³/mol. The van der Waals surface area contributed by atoms with Crippen LogP contribution in [-0.2, 0) is 17.1 Å². The summed E-state index contributed by atoms with van der Waals surface area (Å²) in [6.07, 6.45) is 0. The molecule has 0 aromatic heterocycles. The predicted octanol–water partition coefficient (Wildman–Crippen LogP) is 6.28. The Morgan fingerprint density at radius 1 is 0.692 bits per heavy atom. The summed E-state index contributed by atoms with van der Waals surface area (Å²) in [5.41, 5.74) is 5.33. The second-order valence-electron chi connectivity index (χ2n) is 5.79. The maximum atomic E-state index is 2.71. The van der Waals surface area contributed by atoms with Gasteiger partial charge in [0.1, 0.15) is 0 Å². The van der Waals surface area contributed by atoms with E-state index in [0.717, 1.165) is 0 Å². The van der Waals surface area contributed by atoms with Crippen molar-refractivity contribution in [3.63, 3.8) is 0 Å². The maximum Gasteiger partial charge on any atom is 0 e. The van der Waals surface area contributed by atoms with Gasteiger partial charge < -0.3 is 30.3 Å². The normalized spacial score (nSPS) is 9.04. The molecule has 0 aliphatic heterocycles. The molecule has 4 rings (SSSR count). The first-order chi connectivity index (χ1) is 12.2. The van der Waals surface area contributed by atoms with Crippen LogP contribution in [0.25, 0.3) is 11.1 Å². The van der Waals surface area contributed by atoms with Gasteiger partial charge >= 0.3 is 0 Å². The van der Waals surface area contributed by atoms with Crippen LogP contribution in [0.15, 0.2) is 103 Å².